The molecule has 0 saturated carbocycles. The van der Waals surface area contributed by atoms with Crippen LogP contribution in [0.25, 0.3) is 0 Å². The van der Waals surface area contributed by atoms with E-state index in [-0.39, 0.29) is 19.1 Å². The number of benzene rings is 2. The second-order valence-electron chi connectivity index (χ2n) is 5.49. The molecule has 0 unspecified atom stereocenters. The van der Waals surface area contributed by atoms with E-state index in [1.54, 1.807) is 0 Å². The van der Waals surface area contributed by atoms with E-state index in [2.05, 4.69) is 12.2 Å². The molecular formula is C19H24N2O2. The summed E-state index contributed by atoms with van der Waals surface area (Å²) in [6.45, 7) is 4.71. The van der Waals surface area contributed by atoms with Crippen molar-refractivity contribution in [3.8, 4) is 0 Å². The van der Waals surface area contributed by atoms with Gasteiger partial charge in [0, 0.05) is 17.9 Å². The van der Waals surface area contributed by atoms with Gasteiger partial charge in [-0.25, -0.2) is 0 Å². The summed E-state index contributed by atoms with van der Waals surface area (Å²) in [5, 5.41) is 12.3. The summed E-state index contributed by atoms with van der Waals surface area (Å²) < 4.78 is 0. The quantitative estimate of drug-likeness (QED) is 0.826. The van der Waals surface area contributed by atoms with Crippen LogP contribution in [0.15, 0.2) is 48.5 Å². The van der Waals surface area contributed by atoms with E-state index < -0.39 is 0 Å². The third kappa shape index (κ3) is 4.57. The number of carbonyl (C=O) groups is 1. The average Bonchev–Trinajstić information content (AvgIpc) is 2.57. The maximum atomic E-state index is 12.5. The minimum absolute atomic E-state index is 0.00670. The molecule has 2 aromatic carbocycles. The molecule has 0 fully saturated rings. The van der Waals surface area contributed by atoms with Crippen LogP contribution in [0, 0.1) is 6.92 Å². The molecule has 0 aliphatic rings. The molecule has 0 bridgehead atoms. The van der Waals surface area contributed by atoms with Gasteiger partial charge in [0.2, 0.25) is 5.91 Å². The van der Waals surface area contributed by atoms with Gasteiger partial charge in [-0.1, -0.05) is 43.3 Å². The highest BCUT2D eigenvalue weighted by molar-refractivity contribution is 5.95. The number of aliphatic hydroxyl groups excluding tert-OH is 1. The largest absolute Gasteiger partial charge is 0.395 e. The SMILES string of the molecule is CCc1cccc(C)c1NC(=O)CN(CCO)c1ccccc1. The first-order chi connectivity index (χ1) is 11.2. The smallest absolute Gasteiger partial charge is 0.243 e. The van der Waals surface area contributed by atoms with E-state index in [0.717, 1.165) is 28.9 Å². The van der Waals surface area contributed by atoms with Crippen molar-refractivity contribution in [2.24, 2.45) is 0 Å². The third-order valence-corrected chi connectivity index (χ3v) is 3.83. The molecule has 4 nitrogen and oxygen atoms in total. The number of anilines is 2. The Labute approximate surface area is 137 Å². The number of amides is 1. The molecule has 0 heterocycles. The van der Waals surface area contributed by atoms with E-state index >= 15 is 0 Å². The maximum absolute atomic E-state index is 12.5. The van der Waals surface area contributed by atoms with E-state index in [0.29, 0.717) is 6.54 Å². The van der Waals surface area contributed by atoms with E-state index in [1.165, 1.54) is 0 Å². The van der Waals surface area contributed by atoms with Gasteiger partial charge in [-0.3, -0.25) is 4.79 Å². The van der Waals surface area contributed by atoms with Gasteiger partial charge in [-0.15, -0.1) is 0 Å². The number of aliphatic hydroxyl groups is 1. The van der Waals surface area contributed by atoms with Gasteiger partial charge < -0.3 is 15.3 Å². The molecule has 4 heteroatoms. The van der Waals surface area contributed by atoms with E-state index in [4.69, 9.17) is 0 Å². The molecule has 0 aliphatic heterocycles. The van der Waals surface area contributed by atoms with Crippen LogP contribution in [-0.2, 0) is 11.2 Å². The summed E-state index contributed by atoms with van der Waals surface area (Å²) in [6, 6.07) is 15.7. The van der Waals surface area contributed by atoms with Gasteiger partial charge in [-0.05, 0) is 36.6 Å². The fourth-order valence-electron chi connectivity index (χ4n) is 2.61. The summed E-state index contributed by atoms with van der Waals surface area (Å²) in [7, 11) is 0. The van der Waals surface area contributed by atoms with Gasteiger partial charge in [-0.2, -0.15) is 0 Å². The minimum Gasteiger partial charge on any atom is -0.395 e. The predicted octanol–water partition coefficient (Wildman–Crippen LogP) is 2.99. The first kappa shape index (κ1) is 17.0. The van der Waals surface area contributed by atoms with Crippen molar-refractivity contribution in [3.05, 3.63) is 59.7 Å². The monoisotopic (exact) mass is 312 g/mol. The van der Waals surface area contributed by atoms with Crippen LogP contribution in [0.3, 0.4) is 0 Å². The lowest BCUT2D eigenvalue weighted by molar-refractivity contribution is -0.115. The molecule has 0 saturated heterocycles. The van der Waals surface area contributed by atoms with Crippen LogP contribution in [-0.4, -0.2) is 30.7 Å². The summed E-state index contributed by atoms with van der Waals surface area (Å²) in [6.07, 6.45) is 0.871. The second-order valence-corrected chi connectivity index (χ2v) is 5.49. The molecule has 2 rings (SSSR count). The number of nitrogens with zero attached hydrogens (tertiary/aromatic N) is 1. The summed E-state index contributed by atoms with van der Waals surface area (Å²) in [5.41, 5.74) is 4.02. The molecular weight excluding hydrogens is 288 g/mol. The number of nitrogens with one attached hydrogen (secondary N) is 1. The Morgan fingerprint density at radius 2 is 1.87 bits per heavy atom. The average molecular weight is 312 g/mol. The fourth-order valence-corrected chi connectivity index (χ4v) is 2.61. The third-order valence-electron chi connectivity index (χ3n) is 3.83. The molecule has 0 aromatic heterocycles. The molecule has 0 radical (unpaired) electrons. The van der Waals surface area contributed by atoms with Crippen molar-refractivity contribution in [3.63, 3.8) is 0 Å². The van der Waals surface area contributed by atoms with Crippen molar-refractivity contribution in [2.75, 3.05) is 29.9 Å². The number of hydrogen-bond acceptors (Lipinski definition) is 3. The number of carbonyl (C=O) groups excluding carboxylic acids is 1. The fraction of sp³-hybridized carbons (Fsp3) is 0.316. The summed E-state index contributed by atoms with van der Waals surface area (Å²) >= 11 is 0. The first-order valence-electron chi connectivity index (χ1n) is 7.95. The van der Waals surface area contributed by atoms with Crippen molar-refractivity contribution in [2.45, 2.75) is 20.3 Å². The van der Waals surface area contributed by atoms with E-state index in [9.17, 15) is 9.90 Å². The lowest BCUT2D eigenvalue weighted by Crippen LogP contribution is -2.35. The van der Waals surface area contributed by atoms with E-state index in [1.807, 2.05) is 60.4 Å². The molecule has 122 valence electrons. The standard InChI is InChI=1S/C19H24N2O2/c1-3-16-9-7-8-15(2)19(16)20-18(23)14-21(12-13-22)17-10-5-4-6-11-17/h4-11,22H,3,12-14H2,1-2H3,(H,20,23). The zero-order valence-corrected chi connectivity index (χ0v) is 13.7. The van der Waals surface area contributed by atoms with Crippen molar-refractivity contribution in [1.82, 2.24) is 0 Å². The Balaban J connectivity index is 2.11. The van der Waals surface area contributed by atoms with Crippen molar-refractivity contribution in [1.29, 1.82) is 0 Å². The Kier molecular flexibility index (Phi) is 6.18. The first-order valence-corrected chi connectivity index (χ1v) is 7.95. The molecule has 2 N–H and O–H groups in total. The van der Waals surface area contributed by atoms with Crippen LogP contribution < -0.4 is 10.2 Å². The molecule has 2 aromatic rings. The van der Waals surface area contributed by atoms with Gasteiger partial charge in [0.05, 0.1) is 13.2 Å². The van der Waals surface area contributed by atoms with Crippen molar-refractivity contribution >= 4 is 17.3 Å². The highest BCUT2D eigenvalue weighted by Gasteiger charge is 2.13. The van der Waals surface area contributed by atoms with Crippen LogP contribution >= 0.6 is 0 Å². The Morgan fingerprint density at radius 1 is 1.13 bits per heavy atom. The number of rotatable bonds is 7. The number of hydrogen-bond donors (Lipinski definition) is 2. The van der Waals surface area contributed by atoms with Gasteiger partial charge in [0.25, 0.3) is 0 Å². The van der Waals surface area contributed by atoms with Crippen LogP contribution in [0.5, 0.6) is 0 Å². The summed E-state index contributed by atoms with van der Waals surface area (Å²) in [5.74, 6) is -0.0775. The number of aryl methyl sites for hydroxylation is 2. The van der Waals surface area contributed by atoms with Crippen LogP contribution in [0.4, 0.5) is 11.4 Å². The topological polar surface area (TPSA) is 52.6 Å². The van der Waals surface area contributed by atoms with Crippen LogP contribution in [0.2, 0.25) is 0 Å². The van der Waals surface area contributed by atoms with Crippen LogP contribution in [0.1, 0.15) is 18.1 Å². The lowest BCUT2D eigenvalue weighted by atomic mass is 10.1. The second kappa shape index (κ2) is 8.34. The van der Waals surface area contributed by atoms with Gasteiger partial charge in [0.15, 0.2) is 0 Å². The highest BCUT2D eigenvalue weighted by Crippen LogP contribution is 2.21. The van der Waals surface area contributed by atoms with Gasteiger partial charge >= 0.3 is 0 Å². The predicted molar refractivity (Wildman–Crippen MR) is 94.9 cm³/mol. The van der Waals surface area contributed by atoms with Crippen molar-refractivity contribution < 1.29 is 9.90 Å². The zero-order valence-electron chi connectivity index (χ0n) is 13.7. The Morgan fingerprint density at radius 3 is 2.52 bits per heavy atom. The maximum Gasteiger partial charge on any atom is 0.243 e. The molecule has 23 heavy (non-hydrogen) atoms. The minimum atomic E-state index is -0.0775. The Bertz CT molecular complexity index is 641. The summed E-state index contributed by atoms with van der Waals surface area (Å²) in [4.78, 5) is 14.3. The molecule has 1 amide bonds. The lowest BCUT2D eigenvalue weighted by Gasteiger charge is -2.24. The molecule has 0 atom stereocenters. The molecule has 0 spiro atoms. The van der Waals surface area contributed by atoms with Gasteiger partial charge in [0.1, 0.15) is 0 Å². The Hall–Kier alpha value is -2.33. The zero-order chi connectivity index (χ0) is 16.7. The number of para-hydroxylation sites is 2. The highest BCUT2D eigenvalue weighted by atomic mass is 16.3. The normalized spacial score (nSPS) is 10.4. The molecule has 0 aliphatic carbocycles.